The van der Waals surface area contributed by atoms with Gasteiger partial charge in [-0.1, -0.05) is 29.8 Å². The number of benzene rings is 1. The van der Waals surface area contributed by atoms with Crippen LogP contribution in [0.1, 0.15) is 22.5 Å². The standard InChI is InChI=1S/C14H19N3/c1-10-6-5-7-13(8-10)9-15-14-11(2)16-17(4)12(14)3/h5-8,15H,9H2,1-4H3. The van der Waals surface area contributed by atoms with Gasteiger partial charge in [0.25, 0.3) is 0 Å². The van der Waals surface area contributed by atoms with Crippen LogP contribution in [0, 0.1) is 20.8 Å². The Hall–Kier alpha value is -1.77. The van der Waals surface area contributed by atoms with Crippen LogP contribution in [-0.2, 0) is 13.6 Å². The third kappa shape index (κ3) is 2.49. The smallest absolute Gasteiger partial charge is 0.0827 e. The lowest BCUT2D eigenvalue weighted by Gasteiger charge is -2.07. The first-order chi connectivity index (χ1) is 8.08. The Balaban J connectivity index is 2.12. The average molecular weight is 229 g/mol. The highest BCUT2D eigenvalue weighted by Gasteiger charge is 2.08. The van der Waals surface area contributed by atoms with Crippen LogP contribution >= 0.6 is 0 Å². The van der Waals surface area contributed by atoms with Gasteiger partial charge in [0.2, 0.25) is 0 Å². The highest BCUT2D eigenvalue weighted by Crippen LogP contribution is 2.19. The SMILES string of the molecule is Cc1cccc(CNc2c(C)nn(C)c2C)c1. The Morgan fingerprint density at radius 2 is 2.00 bits per heavy atom. The average Bonchev–Trinajstić information content (AvgIpc) is 2.51. The molecule has 0 fully saturated rings. The van der Waals surface area contributed by atoms with E-state index in [4.69, 9.17) is 0 Å². The van der Waals surface area contributed by atoms with Crippen molar-refractivity contribution in [1.29, 1.82) is 0 Å². The molecule has 0 atom stereocenters. The molecule has 0 amide bonds. The van der Waals surface area contributed by atoms with E-state index in [2.05, 4.69) is 48.5 Å². The van der Waals surface area contributed by atoms with E-state index in [1.807, 2.05) is 18.7 Å². The van der Waals surface area contributed by atoms with Crippen molar-refractivity contribution in [2.24, 2.45) is 7.05 Å². The molecule has 1 aromatic carbocycles. The van der Waals surface area contributed by atoms with Gasteiger partial charge in [-0.2, -0.15) is 5.10 Å². The number of rotatable bonds is 3. The molecule has 1 aromatic heterocycles. The molecule has 0 aliphatic heterocycles. The fourth-order valence-electron chi connectivity index (χ4n) is 2.04. The van der Waals surface area contributed by atoms with Gasteiger partial charge in [0.1, 0.15) is 0 Å². The predicted molar refractivity (Wildman–Crippen MR) is 71.2 cm³/mol. The van der Waals surface area contributed by atoms with Crippen molar-refractivity contribution >= 4 is 5.69 Å². The number of hydrogen-bond acceptors (Lipinski definition) is 2. The van der Waals surface area contributed by atoms with E-state index < -0.39 is 0 Å². The summed E-state index contributed by atoms with van der Waals surface area (Å²) in [5.41, 5.74) is 5.97. The lowest BCUT2D eigenvalue weighted by atomic mass is 10.1. The van der Waals surface area contributed by atoms with Crippen molar-refractivity contribution in [3.63, 3.8) is 0 Å². The summed E-state index contributed by atoms with van der Waals surface area (Å²) in [4.78, 5) is 0. The second-order valence-electron chi connectivity index (χ2n) is 4.51. The summed E-state index contributed by atoms with van der Waals surface area (Å²) >= 11 is 0. The van der Waals surface area contributed by atoms with Gasteiger partial charge in [-0.05, 0) is 26.3 Å². The van der Waals surface area contributed by atoms with Crippen molar-refractivity contribution in [2.45, 2.75) is 27.3 Å². The second kappa shape index (κ2) is 4.62. The summed E-state index contributed by atoms with van der Waals surface area (Å²) < 4.78 is 1.91. The molecule has 3 heteroatoms. The van der Waals surface area contributed by atoms with E-state index in [9.17, 15) is 0 Å². The molecule has 0 bridgehead atoms. The van der Waals surface area contributed by atoms with Gasteiger partial charge in [0.05, 0.1) is 17.1 Å². The van der Waals surface area contributed by atoms with Gasteiger partial charge in [0.15, 0.2) is 0 Å². The van der Waals surface area contributed by atoms with E-state index in [0.29, 0.717) is 0 Å². The normalized spacial score (nSPS) is 10.6. The third-order valence-electron chi connectivity index (χ3n) is 3.06. The molecule has 1 N–H and O–H groups in total. The fourth-order valence-corrected chi connectivity index (χ4v) is 2.04. The molecule has 0 saturated heterocycles. The van der Waals surface area contributed by atoms with E-state index in [0.717, 1.165) is 17.9 Å². The maximum Gasteiger partial charge on any atom is 0.0827 e. The quantitative estimate of drug-likeness (QED) is 0.877. The maximum atomic E-state index is 4.39. The molecule has 17 heavy (non-hydrogen) atoms. The van der Waals surface area contributed by atoms with Crippen LogP contribution in [0.2, 0.25) is 0 Å². The number of nitrogens with zero attached hydrogens (tertiary/aromatic N) is 2. The molecule has 0 unspecified atom stereocenters. The molecule has 3 nitrogen and oxygen atoms in total. The number of hydrogen-bond donors (Lipinski definition) is 1. The summed E-state index contributed by atoms with van der Waals surface area (Å²) in [6.45, 7) is 7.07. The van der Waals surface area contributed by atoms with Crippen LogP contribution < -0.4 is 5.32 Å². The molecule has 0 aliphatic carbocycles. The van der Waals surface area contributed by atoms with Gasteiger partial charge >= 0.3 is 0 Å². The van der Waals surface area contributed by atoms with Crippen LogP contribution in [-0.4, -0.2) is 9.78 Å². The van der Waals surface area contributed by atoms with Gasteiger partial charge < -0.3 is 5.32 Å². The summed E-state index contributed by atoms with van der Waals surface area (Å²) in [7, 11) is 1.97. The first-order valence-corrected chi connectivity index (χ1v) is 5.87. The monoisotopic (exact) mass is 229 g/mol. The minimum Gasteiger partial charge on any atom is -0.378 e. The largest absolute Gasteiger partial charge is 0.378 e. The summed E-state index contributed by atoms with van der Waals surface area (Å²) in [6, 6.07) is 8.55. The Morgan fingerprint density at radius 1 is 1.24 bits per heavy atom. The fraction of sp³-hybridized carbons (Fsp3) is 0.357. The van der Waals surface area contributed by atoms with E-state index in [1.165, 1.54) is 16.8 Å². The zero-order chi connectivity index (χ0) is 12.4. The molecule has 90 valence electrons. The van der Waals surface area contributed by atoms with Crippen LogP contribution in [0.15, 0.2) is 24.3 Å². The number of anilines is 1. The molecular weight excluding hydrogens is 210 g/mol. The zero-order valence-electron chi connectivity index (χ0n) is 10.9. The lowest BCUT2D eigenvalue weighted by Crippen LogP contribution is -2.02. The van der Waals surface area contributed by atoms with Gasteiger partial charge in [-0.3, -0.25) is 4.68 Å². The molecule has 0 saturated carbocycles. The highest BCUT2D eigenvalue weighted by molar-refractivity contribution is 5.52. The minimum absolute atomic E-state index is 0.842. The first-order valence-electron chi connectivity index (χ1n) is 5.87. The van der Waals surface area contributed by atoms with E-state index in [-0.39, 0.29) is 0 Å². The van der Waals surface area contributed by atoms with Crippen molar-refractivity contribution < 1.29 is 0 Å². The lowest BCUT2D eigenvalue weighted by molar-refractivity contribution is 0.731. The van der Waals surface area contributed by atoms with Crippen LogP contribution in [0.3, 0.4) is 0 Å². The summed E-state index contributed by atoms with van der Waals surface area (Å²) in [6.07, 6.45) is 0. The molecule has 0 spiro atoms. The number of aromatic nitrogens is 2. The van der Waals surface area contributed by atoms with Gasteiger partial charge in [0, 0.05) is 13.6 Å². The van der Waals surface area contributed by atoms with Crippen LogP contribution in [0.25, 0.3) is 0 Å². The molecular formula is C14H19N3. The van der Waals surface area contributed by atoms with Crippen LogP contribution in [0.4, 0.5) is 5.69 Å². The topological polar surface area (TPSA) is 29.9 Å². The Morgan fingerprint density at radius 3 is 2.59 bits per heavy atom. The van der Waals surface area contributed by atoms with E-state index in [1.54, 1.807) is 0 Å². The van der Waals surface area contributed by atoms with Gasteiger partial charge in [-0.15, -0.1) is 0 Å². The van der Waals surface area contributed by atoms with Crippen molar-refractivity contribution in [2.75, 3.05) is 5.32 Å². The molecule has 1 heterocycles. The molecule has 0 radical (unpaired) electrons. The highest BCUT2D eigenvalue weighted by atomic mass is 15.3. The van der Waals surface area contributed by atoms with E-state index >= 15 is 0 Å². The molecule has 2 rings (SSSR count). The Kier molecular flexibility index (Phi) is 3.18. The Labute approximate surface area is 102 Å². The van der Waals surface area contributed by atoms with Crippen molar-refractivity contribution in [1.82, 2.24) is 9.78 Å². The Bertz CT molecular complexity index is 526. The summed E-state index contributed by atoms with van der Waals surface area (Å²) in [5.74, 6) is 0. The maximum absolute atomic E-state index is 4.39. The predicted octanol–water partition coefficient (Wildman–Crippen LogP) is 2.96. The molecule has 0 aliphatic rings. The van der Waals surface area contributed by atoms with Gasteiger partial charge in [-0.25, -0.2) is 0 Å². The van der Waals surface area contributed by atoms with Crippen molar-refractivity contribution in [3.8, 4) is 0 Å². The minimum atomic E-state index is 0.842. The number of nitrogens with one attached hydrogen (secondary N) is 1. The first kappa shape index (κ1) is 11.7. The zero-order valence-corrected chi connectivity index (χ0v) is 10.9. The van der Waals surface area contributed by atoms with Crippen molar-refractivity contribution in [3.05, 3.63) is 46.8 Å². The third-order valence-corrected chi connectivity index (χ3v) is 3.06. The van der Waals surface area contributed by atoms with Crippen LogP contribution in [0.5, 0.6) is 0 Å². The summed E-state index contributed by atoms with van der Waals surface area (Å²) in [5, 5.41) is 7.86. The molecule has 2 aromatic rings. The second-order valence-corrected chi connectivity index (χ2v) is 4.51. The number of aryl methyl sites for hydroxylation is 3.